The molecule has 5 atom stereocenters. The summed E-state index contributed by atoms with van der Waals surface area (Å²) in [5.41, 5.74) is 0.742. The molecule has 0 unspecified atom stereocenters. The van der Waals surface area contributed by atoms with Crippen molar-refractivity contribution in [3.63, 3.8) is 0 Å². The van der Waals surface area contributed by atoms with Crippen molar-refractivity contribution in [1.29, 1.82) is 0 Å². The number of rotatable bonds is 6. The van der Waals surface area contributed by atoms with Gasteiger partial charge in [-0.15, -0.1) is 0 Å². The average molecular weight is 298 g/mol. The van der Waals surface area contributed by atoms with Gasteiger partial charge >= 0.3 is 5.97 Å². The normalized spacial score (nSPS) is 30.8. The van der Waals surface area contributed by atoms with Gasteiger partial charge < -0.3 is 14.6 Å². The van der Waals surface area contributed by atoms with Crippen molar-refractivity contribution in [2.75, 3.05) is 7.11 Å². The van der Waals surface area contributed by atoms with Crippen LogP contribution in [0.15, 0.2) is 11.6 Å². The first-order valence-electron chi connectivity index (χ1n) is 7.81. The number of carbonyl (C=O) groups is 1. The quantitative estimate of drug-likeness (QED) is 0.605. The van der Waals surface area contributed by atoms with Crippen molar-refractivity contribution in [1.82, 2.24) is 0 Å². The highest BCUT2D eigenvalue weighted by molar-refractivity contribution is 5.71. The zero-order valence-corrected chi connectivity index (χ0v) is 14.2. The number of aliphatic hydroxyl groups is 1. The van der Waals surface area contributed by atoms with Gasteiger partial charge in [0.2, 0.25) is 0 Å². The third kappa shape index (κ3) is 4.82. The van der Waals surface area contributed by atoms with E-state index in [0.717, 1.165) is 19.3 Å². The summed E-state index contributed by atoms with van der Waals surface area (Å²) in [6.07, 6.45) is 4.35. The van der Waals surface area contributed by atoms with E-state index >= 15 is 0 Å². The largest absolute Gasteiger partial charge is 0.469 e. The molecular formula is C17H30O4. The molecule has 1 saturated heterocycles. The molecule has 4 heteroatoms. The highest BCUT2D eigenvalue weighted by Gasteiger charge is 2.40. The predicted molar refractivity (Wildman–Crippen MR) is 82.9 cm³/mol. The van der Waals surface area contributed by atoms with Gasteiger partial charge in [0.1, 0.15) is 0 Å². The van der Waals surface area contributed by atoms with Gasteiger partial charge in [-0.1, -0.05) is 19.9 Å². The molecule has 1 fully saturated rings. The lowest BCUT2D eigenvalue weighted by atomic mass is 9.93. The summed E-state index contributed by atoms with van der Waals surface area (Å²) in [6.45, 7) is 9.81. The number of hydrogen-bond donors (Lipinski definition) is 1. The first-order chi connectivity index (χ1) is 9.69. The summed E-state index contributed by atoms with van der Waals surface area (Å²) in [5.74, 6) is 0.0362. The van der Waals surface area contributed by atoms with E-state index in [1.54, 1.807) is 6.92 Å². The summed E-state index contributed by atoms with van der Waals surface area (Å²) in [5, 5.41) is 9.80. The number of aliphatic hydroxyl groups excluding tert-OH is 1. The molecule has 4 nitrogen and oxygen atoms in total. The third-order valence-electron chi connectivity index (χ3n) is 4.58. The van der Waals surface area contributed by atoms with Crippen LogP contribution in [-0.2, 0) is 14.3 Å². The van der Waals surface area contributed by atoms with Crippen LogP contribution < -0.4 is 0 Å². The molecule has 1 rings (SSSR count). The summed E-state index contributed by atoms with van der Waals surface area (Å²) in [4.78, 5) is 11.5. The minimum atomic E-state index is -0.466. The van der Waals surface area contributed by atoms with E-state index in [4.69, 9.17) is 9.47 Å². The van der Waals surface area contributed by atoms with Crippen LogP contribution in [0.25, 0.3) is 0 Å². The molecule has 0 aromatic carbocycles. The second-order valence-electron chi connectivity index (χ2n) is 6.68. The maximum Gasteiger partial charge on any atom is 0.308 e. The van der Waals surface area contributed by atoms with Crippen LogP contribution in [0, 0.1) is 11.8 Å². The van der Waals surface area contributed by atoms with E-state index in [1.165, 1.54) is 12.7 Å². The fraction of sp³-hybridized carbons (Fsp3) is 0.824. The van der Waals surface area contributed by atoms with Gasteiger partial charge in [-0.05, 0) is 51.5 Å². The maximum atomic E-state index is 11.5. The van der Waals surface area contributed by atoms with Crippen LogP contribution in [0.2, 0.25) is 0 Å². The van der Waals surface area contributed by atoms with Crippen LogP contribution in [-0.4, -0.2) is 36.0 Å². The fourth-order valence-electron chi connectivity index (χ4n) is 2.97. The number of ether oxygens (including phenoxy) is 2. The van der Waals surface area contributed by atoms with Gasteiger partial charge in [0, 0.05) is 0 Å². The smallest absolute Gasteiger partial charge is 0.308 e. The summed E-state index contributed by atoms with van der Waals surface area (Å²) >= 11 is 0. The molecule has 1 aliphatic rings. The van der Waals surface area contributed by atoms with Gasteiger partial charge in [0.15, 0.2) is 0 Å². The Hall–Kier alpha value is -0.870. The van der Waals surface area contributed by atoms with Crippen LogP contribution in [0.3, 0.4) is 0 Å². The molecule has 1 heterocycles. The molecule has 0 spiro atoms. The standard InChI is InChI=1S/C17H30O4/c1-11(10-13(3)16(19)20-6)9-12(2)15-7-8-17(5,21-15)14(4)18/h9,11,13-15,18H,7-8,10H2,1-6H3/b12-9+/t11-,13+,14-,15-,17-/m0/s1. The first kappa shape index (κ1) is 18.2. The van der Waals surface area contributed by atoms with Crippen molar-refractivity contribution in [3.05, 3.63) is 11.6 Å². The zero-order chi connectivity index (χ0) is 16.2. The van der Waals surface area contributed by atoms with E-state index in [2.05, 4.69) is 19.9 Å². The molecule has 21 heavy (non-hydrogen) atoms. The molecular weight excluding hydrogens is 268 g/mol. The van der Waals surface area contributed by atoms with Crippen molar-refractivity contribution < 1.29 is 19.4 Å². The number of allylic oxidation sites excluding steroid dienone is 1. The van der Waals surface area contributed by atoms with E-state index in [-0.39, 0.29) is 18.0 Å². The topological polar surface area (TPSA) is 55.8 Å². The number of hydrogen-bond acceptors (Lipinski definition) is 4. The van der Waals surface area contributed by atoms with Crippen molar-refractivity contribution in [2.45, 2.75) is 71.7 Å². The molecule has 0 amide bonds. The molecule has 0 aliphatic carbocycles. The second-order valence-corrected chi connectivity index (χ2v) is 6.68. The molecule has 0 saturated carbocycles. The number of carbonyl (C=O) groups excluding carboxylic acids is 1. The lowest BCUT2D eigenvalue weighted by Crippen LogP contribution is -2.37. The van der Waals surface area contributed by atoms with Gasteiger partial charge in [-0.25, -0.2) is 0 Å². The Labute approximate surface area is 128 Å². The van der Waals surface area contributed by atoms with Gasteiger partial charge in [0.25, 0.3) is 0 Å². The van der Waals surface area contributed by atoms with E-state index in [0.29, 0.717) is 5.92 Å². The summed E-state index contributed by atoms with van der Waals surface area (Å²) < 4.78 is 10.8. The van der Waals surface area contributed by atoms with Crippen LogP contribution >= 0.6 is 0 Å². The van der Waals surface area contributed by atoms with Crippen molar-refractivity contribution >= 4 is 5.97 Å². The van der Waals surface area contributed by atoms with Crippen LogP contribution in [0.4, 0.5) is 0 Å². The Bertz CT molecular complexity index is 388. The van der Waals surface area contributed by atoms with E-state index in [1.807, 2.05) is 13.8 Å². The molecule has 0 radical (unpaired) electrons. The Morgan fingerprint density at radius 2 is 2.10 bits per heavy atom. The minimum absolute atomic E-state index is 0.0699. The molecule has 0 aromatic heterocycles. The van der Waals surface area contributed by atoms with Gasteiger partial charge in [0.05, 0.1) is 30.8 Å². The summed E-state index contributed by atoms with van der Waals surface area (Å²) in [7, 11) is 1.42. The Morgan fingerprint density at radius 1 is 1.48 bits per heavy atom. The Morgan fingerprint density at radius 3 is 2.57 bits per heavy atom. The van der Waals surface area contributed by atoms with Gasteiger partial charge in [-0.3, -0.25) is 4.79 Å². The van der Waals surface area contributed by atoms with Crippen molar-refractivity contribution in [3.8, 4) is 0 Å². The molecule has 0 aromatic rings. The lowest BCUT2D eigenvalue weighted by Gasteiger charge is -2.28. The minimum Gasteiger partial charge on any atom is -0.469 e. The van der Waals surface area contributed by atoms with E-state index < -0.39 is 11.7 Å². The highest BCUT2D eigenvalue weighted by atomic mass is 16.5. The summed E-state index contributed by atoms with van der Waals surface area (Å²) in [6, 6.07) is 0. The maximum absolute atomic E-state index is 11.5. The average Bonchev–Trinajstić information content (AvgIpc) is 2.81. The molecule has 1 aliphatic heterocycles. The van der Waals surface area contributed by atoms with Crippen molar-refractivity contribution in [2.24, 2.45) is 11.8 Å². The van der Waals surface area contributed by atoms with Crippen LogP contribution in [0.5, 0.6) is 0 Å². The number of esters is 1. The second kappa shape index (κ2) is 7.41. The van der Waals surface area contributed by atoms with Crippen LogP contribution in [0.1, 0.15) is 53.9 Å². The molecule has 1 N–H and O–H groups in total. The predicted octanol–water partition coefficient (Wildman–Crippen LogP) is 3.09. The monoisotopic (exact) mass is 298 g/mol. The molecule has 0 bridgehead atoms. The highest BCUT2D eigenvalue weighted by Crippen LogP contribution is 2.36. The Kier molecular flexibility index (Phi) is 6.41. The lowest BCUT2D eigenvalue weighted by molar-refractivity contribution is -0.145. The SMILES string of the molecule is COC(=O)[C@H](C)C[C@@H](C)/C=C(\C)[C@@H]1CC[C@@](C)([C@H](C)O)O1. The third-order valence-corrected chi connectivity index (χ3v) is 4.58. The number of methoxy groups -OCH3 is 1. The molecule has 122 valence electrons. The van der Waals surface area contributed by atoms with E-state index in [9.17, 15) is 9.90 Å². The zero-order valence-electron chi connectivity index (χ0n) is 14.2. The fourth-order valence-corrected chi connectivity index (χ4v) is 2.97. The van der Waals surface area contributed by atoms with Gasteiger partial charge in [-0.2, -0.15) is 0 Å². The first-order valence-corrected chi connectivity index (χ1v) is 7.81. The Balaban J connectivity index is 2.59.